The zero-order chi connectivity index (χ0) is 46.6. The molecule has 2 unspecified atom stereocenters. The lowest BCUT2D eigenvalue weighted by molar-refractivity contribution is -0.138. The van der Waals surface area contributed by atoms with Crippen molar-refractivity contribution in [1.29, 1.82) is 0 Å². The predicted octanol–water partition coefficient (Wildman–Crippen LogP) is 5.99. The number of hydrogen-bond donors (Lipinski definition) is 4. The van der Waals surface area contributed by atoms with Gasteiger partial charge in [0.2, 0.25) is 11.8 Å². The van der Waals surface area contributed by atoms with E-state index in [9.17, 15) is 36.7 Å². The first kappa shape index (κ1) is 46.1. The van der Waals surface area contributed by atoms with Gasteiger partial charge in [-0.3, -0.25) is 9.59 Å². The van der Waals surface area contributed by atoms with Gasteiger partial charge in [-0.25, -0.2) is 37.1 Å². The van der Waals surface area contributed by atoms with Gasteiger partial charge in [0.25, 0.3) is 11.8 Å². The van der Waals surface area contributed by atoms with Crippen molar-refractivity contribution in [3.8, 4) is 34.4 Å². The zero-order valence-corrected chi connectivity index (χ0v) is 36.3. The molecule has 4 N–H and O–H groups in total. The minimum Gasteiger partial charge on any atom is -0.453 e. The quantitative estimate of drug-likeness (QED) is 0.109. The summed E-state index contributed by atoms with van der Waals surface area (Å²) < 4.78 is 80.2. The van der Waals surface area contributed by atoms with E-state index in [1.165, 1.54) is 26.6 Å². The third kappa shape index (κ3) is 10.5. The van der Waals surface area contributed by atoms with Crippen molar-refractivity contribution in [2.24, 2.45) is 11.8 Å². The Balaban J connectivity index is 0.920. The van der Waals surface area contributed by atoms with E-state index in [0.717, 1.165) is 9.80 Å². The van der Waals surface area contributed by atoms with Crippen molar-refractivity contribution in [3.05, 3.63) is 83.7 Å². The highest BCUT2D eigenvalue weighted by Crippen LogP contribution is 2.43. The summed E-state index contributed by atoms with van der Waals surface area (Å²) in [7, 11) is 2.34. The number of methoxy groups -OCH3 is 2. The maximum Gasteiger partial charge on any atom is 0.407 e. The zero-order valence-electron chi connectivity index (χ0n) is 36.3. The Kier molecular flexibility index (Phi) is 13.7. The Hall–Kier alpha value is -6.46. The molecule has 2 aromatic carbocycles. The van der Waals surface area contributed by atoms with Gasteiger partial charge in [0.1, 0.15) is 23.7 Å². The number of nitrogens with one attached hydrogen (secondary N) is 4. The van der Waals surface area contributed by atoms with Gasteiger partial charge in [-0.05, 0) is 72.9 Å². The van der Waals surface area contributed by atoms with Crippen LogP contribution in [-0.4, -0.2) is 131 Å². The molecule has 0 spiro atoms. The fourth-order valence-electron chi connectivity index (χ4n) is 9.09. The number of alkyl halides is 4. The number of carbonyl (C=O) groups is 4. The molecule has 4 atom stereocenters. The van der Waals surface area contributed by atoms with E-state index in [4.69, 9.17) is 18.9 Å². The summed E-state index contributed by atoms with van der Waals surface area (Å²) in [6, 6.07) is 10.2. The summed E-state index contributed by atoms with van der Waals surface area (Å²) in [5, 5.41) is 5.14. The number of hydrogen-bond acceptors (Lipinski definition) is 10. The van der Waals surface area contributed by atoms with Crippen molar-refractivity contribution in [2.45, 2.75) is 74.5 Å². The number of halogens is 4. The molecule has 0 bridgehead atoms. The minimum atomic E-state index is -3.17. The number of imidazole rings is 2. The monoisotopic (exact) mass is 918 g/mol. The number of nitrogens with zero attached hydrogens (tertiary/aromatic N) is 4. The maximum atomic E-state index is 15.0. The standard InChI is InChI=1S/C46H50F4N8O8/c1-63-43(61)55-37(31-13-17-65-18-14-31)41(59)57-25-45(47,48)21-35(57)39-51-23-33(53-39)29-9-5-27(6-10-29)3-4-28-7-11-30(12-8-28)34-24-52-40(54-34)36-22-46(49,50)26-58(36)42(60)38(56-44(62)64-2)32-15-19-66-20-16-32/h5-12,23-24,31-32,35-38H,13-22,25-26H2,1-2H3,(H,51,53)(H,52,54)(H,55,61)(H,56,62)/t35-,36-,37?,38?/m0/s1. The van der Waals surface area contributed by atoms with Gasteiger partial charge in [0.15, 0.2) is 0 Å². The van der Waals surface area contributed by atoms with Crippen LogP contribution in [0.5, 0.6) is 0 Å². The molecule has 4 amide bonds. The Morgan fingerprint density at radius 2 is 1.02 bits per heavy atom. The Bertz CT molecular complexity index is 2280. The number of alkyl carbamates (subject to hydrolysis) is 2. The summed E-state index contributed by atoms with van der Waals surface area (Å²) in [4.78, 5) is 69.4. The summed E-state index contributed by atoms with van der Waals surface area (Å²) >= 11 is 0. The van der Waals surface area contributed by atoms with Crippen LogP contribution in [0, 0.1) is 23.7 Å². The van der Waals surface area contributed by atoms with E-state index >= 15 is 0 Å². The highest BCUT2D eigenvalue weighted by atomic mass is 19.3. The predicted molar refractivity (Wildman–Crippen MR) is 228 cm³/mol. The first-order chi connectivity index (χ1) is 31.7. The second-order valence-electron chi connectivity index (χ2n) is 17.0. The van der Waals surface area contributed by atoms with Gasteiger partial charge in [0, 0.05) is 50.4 Å². The number of ether oxygens (including phenoxy) is 4. The van der Waals surface area contributed by atoms with Crippen molar-refractivity contribution < 1.29 is 55.7 Å². The highest BCUT2D eigenvalue weighted by Gasteiger charge is 2.52. The number of amides is 4. The lowest BCUT2D eigenvalue weighted by Gasteiger charge is -2.33. The number of aromatic amines is 2. The fourth-order valence-corrected chi connectivity index (χ4v) is 9.09. The van der Waals surface area contributed by atoms with Crippen LogP contribution in [0.15, 0.2) is 60.9 Å². The molecule has 16 nitrogen and oxygen atoms in total. The fraction of sp³-hybridized carbons (Fsp3) is 0.478. The normalized spacial score (nSPS) is 21.6. The molecule has 0 saturated carbocycles. The van der Waals surface area contributed by atoms with Crippen LogP contribution < -0.4 is 10.6 Å². The highest BCUT2D eigenvalue weighted by molar-refractivity contribution is 5.87. The lowest BCUT2D eigenvalue weighted by atomic mass is 9.90. The number of aromatic nitrogens is 4. The van der Waals surface area contributed by atoms with E-state index in [-0.39, 0.29) is 23.5 Å². The molecule has 4 fully saturated rings. The summed E-state index contributed by atoms with van der Waals surface area (Å²) in [5.74, 6) is -1.61. The summed E-state index contributed by atoms with van der Waals surface area (Å²) in [5.41, 5.74) is 3.91. The Labute approximate surface area is 377 Å². The third-order valence-electron chi connectivity index (χ3n) is 12.6. The van der Waals surface area contributed by atoms with Gasteiger partial charge in [-0.2, -0.15) is 0 Å². The number of rotatable bonds is 10. The third-order valence-corrected chi connectivity index (χ3v) is 12.6. The average molecular weight is 919 g/mol. The minimum absolute atomic E-state index is 0.194. The SMILES string of the molecule is COC(=O)NC(C(=O)N1CC(F)(F)C[C@H]1c1ncc(-c2ccc(C#Cc3ccc(-c4cnc([C@@H]5CC(F)(F)CN5C(=O)C(NC(=O)OC)C5CCOCC5)[nH]4)cc3)cc2)[nH]1)C1CCOCC1. The van der Waals surface area contributed by atoms with E-state index in [2.05, 4.69) is 42.4 Å². The second kappa shape index (κ2) is 19.6. The van der Waals surface area contributed by atoms with Crippen LogP contribution in [0.4, 0.5) is 27.2 Å². The Morgan fingerprint density at radius 1 is 0.652 bits per heavy atom. The molecule has 2 aromatic heterocycles. The molecular weight excluding hydrogens is 869 g/mol. The van der Waals surface area contributed by atoms with Crippen LogP contribution in [0.2, 0.25) is 0 Å². The average Bonchev–Trinajstić information content (AvgIpc) is 4.15. The molecule has 350 valence electrons. The van der Waals surface area contributed by atoms with E-state index in [1.54, 1.807) is 24.3 Å². The number of carbonyl (C=O) groups excluding carboxylic acids is 4. The smallest absolute Gasteiger partial charge is 0.407 e. The first-order valence-electron chi connectivity index (χ1n) is 21.7. The van der Waals surface area contributed by atoms with Crippen LogP contribution in [0.3, 0.4) is 0 Å². The van der Waals surface area contributed by atoms with Crippen LogP contribution in [-0.2, 0) is 28.5 Å². The van der Waals surface area contributed by atoms with E-state index < -0.39 is 85.9 Å². The summed E-state index contributed by atoms with van der Waals surface area (Å²) in [6.45, 7) is -0.111. The molecule has 0 aliphatic carbocycles. The number of likely N-dealkylation sites (tertiary alicyclic amines) is 2. The molecular formula is C46H50F4N8O8. The van der Waals surface area contributed by atoms with Crippen molar-refractivity contribution in [1.82, 2.24) is 40.4 Å². The maximum absolute atomic E-state index is 15.0. The van der Waals surface area contributed by atoms with Gasteiger partial charge >= 0.3 is 12.2 Å². The molecule has 20 heteroatoms. The number of benzene rings is 2. The van der Waals surface area contributed by atoms with Crippen LogP contribution in [0.25, 0.3) is 22.5 Å². The van der Waals surface area contributed by atoms with Crippen molar-refractivity contribution in [2.75, 3.05) is 53.7 Å². The van der Waals surface area contributed by atoms with Crippen LogP contribution >= 0.6 is 0 Å². The molecule has 4 aliphatic rings. The topological polar surface area (TPSA) is 193 Å². The lowest BCUT2D eigenvalue weighted by Crippen LogP contribution is -2.53. The van der Waals surface area contributed by atoms with Gasteiger partial charge in [-0.1, -0.05) is 36.1 Å². The molecule has 4 aromatic rings. The molecule has 0 radical (unpaired) electrons. The van der Waals surface area contributed by atoms with Gasteiger partial charge in [-0.15, -0.1) is 0 Å². The van der Waals surface area contributed by atoms with Crippen molar-refractivity contribution in [3.63, 3.8) is 0 Å². The van der Waals surface area contributed by atoms with E-state index in [1.807, 2.05) is 24.3 Å². The van der Waals surface area contributed by atoms with Crippen LogP contribution in [0.1, 0.15) is 73.4 Å². The largest absolute Gasteiger partial charge is 0.453 e. The van der Waals surface area contributed by atoms with Gasteiger partial charge in [0.05, 0.1) is 63.2 Å². The van der Waals surface area contributed by atoms with Gasteiger partial charge < -0.3 is 49.3 Å². The first-order valence-corrected chi connectivity index (χ1v) is 21.7. The Morgan fingerprint density at radius 3 is 1.36 bits per heavy atom. The van der Waals surface area contributed by atoms with E-state index in [0.29, 0.717) is 85.8 Å². The molecule has 4 saturated heterocycles. The molecule has 6 heterocycles. The summed E-state index contributed by atoms with van der Waals surface area (Å²) in [6.07, 6.45) is 2.01. The molecule has 66 heavy (non-hydrogen) atoms. The van der Waals surface area contributed by atoms with Crippen molar-refractivity contribution >= 4 is 24.0 Å². The molecule has 8 rings (SSSR count). The second-order valence-corrected chi connectivity index (χ2v) is 17.0. The number of H-pyrrole nitrogens is 2. The molecule has 4 aliphatic heterocycles.